The van der Waals surface area contributed by atoms with Gasteiger partial charge in [0.25, 0.3) is 0 Å². The summed E-state index contributed by atoms with van der Waals surface area (Å²) in [5, 5.41) is 14.2. The summed E-state index contributed by atoms with van der Waals surface area (Å²) in [6, 6.07) is 78.1. The molecule has 0 radical (unpaired) electrons. The molecule has 0 bridgehead atoms. The number of para-hydroxylation sites is 2. The van der Waals surface area contributed by atoms with Gasteiger partial charge in [-0.2, -0.15) is 0 Å². The fourth-order valence-electron chi connectivity index (χ4n) is 10.0. The van der Waals surface area contributed by atoms with Crippen LogP contribution in [-0.4, -0.2) is 9.97 Å². The van der Waals surface area contributed by atoms with Crippen molar-refractivity contribution in [2.24, 2.45) is 0 Å². The lowest BCUT2D eigenvalue weighted by Crippen LogP contribution is -1.98. The number of benzene rings is 11. The molecule has 292 valence electrons. The van der Waals surface area contributed by atoms with Gasteiger partial charge in [-0.25, -0.2) is 9.97 Å². The van der Waals surface area contributed by atoms with Crippen LogP contribution in [0.3, 0.4) is 0 Å². The Balaban J connectivity index is 1.08. The van der Waals surface area contributed by atoms with Gasteiger partial charge in [0.15, 0.2) is 5.82 Å². The second-order valence-corrected chi connectivity index (χ2v) is 16.4. The molecule has 0 aliphatic carbocycles. The second-order valence-electron chi connectivity index (χ2n) is 16.4. The standard InChI is InChI=1S/C60H36N2O/c1-3-18-39-37(16-1)34-54(45-24-9-5-20-41(39)45)47-26-11-12-27-49(47)56-36-57(53-30-15-29-51-50-28-13-14-31-58(50)63-59(51)53)62-60(61-56)52-33-32-48(43-22-7-8-23-44(43)52)55-35-38-17-2-4-19-40(38)42-21-6-10-25-46(42)55/h1-36H. The number of fused-ring (bicyclic) bond motifs is 10. The van der Waals surface area contributed by atoms with Crippen LogP contribution in [0.4, 0.5) is 0 Å². The highest BCUT2D eigenvalue weighted by molar-refractivity contribution is 6.18. The Morgan fingerprint density at radius 2 is 0.683 bits per heavy atom. The van der Waals surface area contributed by atoms with E-state index in [0.717, 1.165) is 66.4 Å². The van der Waals surface area contributed by atoms with Crippen LogP contribution >= 0.6 is 0 Å². The van der Waals surface area contributed by atoms with E-state index in [9.17, 15) is 0 Å². The SMILES string of the molecule is c1ccc(-c2cc3ccccc3c3ccccc23)c(-c2cc(-c3cccc4c3oc3ccccc34)nc(-c3ccc(-c4cc5ccccc5c5ccccc45)c4ccccc34)n2)c1. The molecule has 0 saturated heterocycles. The predicted octanol–water partition coefficient (Wildman–Crippen LogP) is 16.5. The maximum atomic E-state index is 6.65. The van der Waals surface area contributed by atoms with Crippen LogP contribution in [0.15, 0.2) is 223 Å². The van der Waals surface area contributed by atoms with E-state index < -0.39 is 0 Å². The lowest BCUT2D eigenvalue weighted by Gasteiger charge is -2.17. The van der Waals surface area contributed by atoms with Crippen LogP contribution in [-0.2, 0) is 0 Å². The largest absolute Gasteiger partial charge is 0.455 e. The molecule has 13 rings (SSSR count). The van der Waals surface area contributed by atoms with E-state index in [1.807, 2.05) is 12.1 Å². The fourth-order valence-corrected chi connectivity index (χ4v) is 10.0. The molecule has 0 aliphatic heterocycles. The molecule has 0 saturated carbocycles. The van der Waals surface area contributed by atoms with E-state index in [1.165, 1.54) is 59.8 Å². The maximum absolute atomic E-state index is 6.65. The number of rotatable bonds is 5. The van der Waals surface area contributed by atoms with Crippen molar-refractivity contribution in [3.05, 3.63) is 218 Å². The molecule has 0 fully saturated rings. The van der Waals surface area contributed by atoms with Gasteiger partial charge in [0.05, 0.1) is 11.4 Å². The molecule has 0 aliphatic rings. The Morgan fingerprint density at radius 1 is 0.254 bits per heavy atom. The highest BCUT2D eigenvalue weighted by Crippen LogP contribution is 2.44. The zero-order valence-corrected chi connectivity index (χ0v) is 34.1. The Hall–Kier alpha value is -8.40. The third-order valence-corrected chi connectivity index (χ3v) is 12.9. The molecule has 0 amide bonds. The summed E-state index contributed by atoms with van der Waals surface area (Å²) >= 11 is 0. The molecule has 0 N–H and O–H groups in total. The van der Waals surface area contributed by atoms with Crippen molar-refractivity contribution in [3.63, 3.8) is 0 Å². The van der Waals surface area contributed by atoms with Crippen molar-refractivity contribution < 1.29 is 4.42 Å². The summed E-state index contributed by atoms with van der Waals surface area (Å²) in [5.74, 6) is 0.653. The van der Waals surface area contributed by atoms with Crippen LogP contribution in [0.2, 0.25) is 0 Å². The number of hydrogen-bond acceptors (Lipinski definition) is 3. The minimum absolute atomic E-state index is 0.653. The first kappa shape index (κ1) is 35.4. The fraction of sp³-hybridized carbons (Fsp3) is 0. The van der Waals surface area contributed by atoms with Gasteiger partial charge in [0.1, 0.15) is 11.2 Å². The third-order valence-electron chi connectivity index (χ3n) is 12.9. The van der Waals surface area contributed by atoms with Gasteiger partial charge in [-0.05, 0) is 113 Å². The van der Waals surface area contributed by atoms with Crippen LogP contribution in [0.5, 0.6) is 0 Å². The molecular formula is C60H36N2O. The van der Waals surface area contributed by atoms with Crippen molar-refractivity contribution in [2.45, 2.75) is 0 Å². The quantitative estimate of drug-likeness (QED) is 0.163. The molecule has 0 unspecified atom stereocenters. The van der Waals surface area contributed by atoms with Crippen molar-refractivity contribution in [2.75, 3.05) is 0 Å². The van der Waals surface area contributed by atoms with E-state index in [1.54, 1.807) is 0 Å². The van der Waals surface area contributed by atoms with Gasteiger partial charge in [-0.15, -0.1) is 0 Å². The van der Waals surface area contributed by atoms with Crippen molar-refractivity contribution in [3.8, 4) is 56.2 Å². The molecule has 11 aromatic carbocycles. The normalized spacial score (nSPS) is 11.8. The topological polar surface area (TPSA) is 38.9 Å². The van der Waals surface area contributed by atoms with Gasteiger partial charge in [0.2, 0.25) is 0 Å². The first-order valence-corrected chi connectivity index (χ1v) is 21.5. The Bertz CT molecular complexity index is 3990. The predicted molar refractivity (Wildman–Crippen MR) is 264 cm³/mol. The van der Waals surface area contributed by atoms with Crippen LogP contribution in [0.25, 0.3) is 132 Å². The summed E-state index contributed by atoms with van der Waals surface area (Å²) in [7, 11) is 0. The van der Waals surface area contributed by atoms with E-state index in [0.29, 0.717) is 5.82 Å². The van der Waals surface area contributed by atoms with E-state index in [-0.39, 0.29) is 0 Å². The second kappa shape index (κ2) is 14.1. The maximum Gasteiger partial charge on any atom is 0.161 e. The van der Waals surface area contributed by atoms with Crippen molar-refractivity contribution in [1.82, 2.24) is 9.97 Å². The van der Waals surface area contributed by atoms with Gasteiger partial charge >= 0.3 is 0 Å². The van der Waals surface area contributed by atoms with Crippen LogP contribution in [0.1, 0.15) is 0 Å². The molecule has 0 spiro atoms. The molecular weight excluding hydrogens is 765 g/mol. The summed E-state index contributed by atoms with van der Waals surface area (Å²) in [4.78, 5) is 11.0. The summed E-state index contributed by atoms with van der Waals surface area (Å²) in [5.41, 5.74) is 10.9. The molecule has 0 atom stereocenters. The summed E-state index contributed by atoms with van der Waals surface area (Å²) in [6.07, 6.45) is 0. The molecule has 3 heteroatoms. The highest BCUT2D eigenvalue weighted by Gasteiger charge is 2.21. The van der Waals surface area contributed by atoms with E-state index in [2.05, 4.69) is 206 Å². The van der Waals surface area contributed by atoms with Crippen molar-refractivity contribution in [1.29, 1.82) is 0 Å². The van der Waals surface area contributed by atoms with Gasteiger partial charge in [-0.3, -0.25) is 0 Å². The Morgan fingerprint density at radius 3 is 1.33 bits per heavy atom. The minimum atomic E-state index is 0.653. The van der Waals surface area contributed by atoms with Crippen LogP contribution < -0.4 is 0 Å². The van der Waals surface area contributed by atoms with Crippen LogP contribution in [0, 0.1) is 0 Å². The van der Waals surface area contributed by atoms with Gasteiger partial charge in [0, 0.05) is 27.5 Å². The highest BCUT2D eigenvalue weighted by atomic mass is 16.3. The first-order valence-electron chi connectivity index (χ1n) is 21.5. The number of furan rings is 1. The Labute approximate surface area is 363 Å². The molecule has 63 heavy (non-hydrogen) atoms. The molecule has 2 aromatic heterocycles. The van der Waals surface area contributed by atoms with Crippen molar-refractivity contribution >= 4 is 75.8 Å². The first-order chi connectivity index (χ1) is 31.2. The molecule has 2 heterocycles. The smallest absolute Gasteiger partial charge is 0.161 e. The minimum Gasteiger partial charge on any atom is -0.455 e. The number of hydrogen-bond donors (Lipinski definition) is 0. The summed E-state index contributed by atoms with van der Waals surface area (Å²) < 4.78 is 6.65. The third kappa shape index (κ3) is 5.60. The summed E-state index contributed by atoms with van der Waals surface area (Å²) in [6.45, 7) is 0. The van der Waals surface area contributed by atoms with Gasteiger partial charge in [-0.1, -0.05) is 182 Å². The monoisotopic (exact) mass is 800 g/mol. The lowest BCUT2D eigenvalue weighted by atomic mass is 9.89. The lowest BCUT2D eigenvalue weighted by molar-refractivity contribution is 0.670. The zero-order valence-electron chi connectivity index (χ0n) is 34.1. The number of nitrogens with zero attached hydrogens (tertiary/aromatic N) is 2. The molecule has 3 nitrogen and oxygen atoms in total. The number of aromatic nitrogens is 2. The molecule has 13 aromatic rings. The van der Waals surface area contributed by atoms with Gasteiger partial charge < -0.3 is 4.42 Å². The average molecular weight is 801 g/mol. The average Bonchev–Trinajstić information content (AvgIpc) is 3.74. The van der Waals surface area contributed by atoms with E-state index >= 15 is 0 Å². The van der Waals surface area contributed by atoms with E-state index in [4.69, 9.17) is 14.4 Å². The Kier molecular flexibility index (Phi) is 7.91. The zero-order chi connectivity index (χ0) is 41.4.